The van der Waals surface area contributed by atoms with Gasteiger partial charge in [-0.05, 0) is 35.8 Å². The number of hydrogen-bond acceptors (Lipinski definition) is 4. The Balaban J connectivity index is 2.65. The Bertz CT molecular complexity index is 635. The Labute approximate surface area is 121 Å². The Morgan fingerprint density at radius 1 is 1.35 bits per heavy atom. The van der Waals surface area contributed by atoms with Gasteiger partial charge in [-0.1, -0.05) is 0 Å². The third-order valence-electron chi connectivity index (χ3n) is 2.58. The molecule has 0 saturated heterocycles. The molecule has 2 aromatic rings. The minimum absolute atomic E-state index is 0.0425. The molecule has 9 heteroatoms. The molecule has 0 aliphatic heterocycles. The number of hydrogen-bond donors (Lipinski definition) is 1. The Hall–Kier alpha value is -1.64. The summed E-state index contributed by atoms with van der Waals surface area (Å²) in [5.74, 6) is -0.640. The first-order chi connectivity index (χ1) is 9.21. The zero-order valence-electron chi connectivity index (χ0n) is 10.6. The van der Waals surface area contributed by atoms with Crippen LogP contribution < -0.4 is 5.73 Å². The minimum atomic E-state index is -4.62. The van der Waals surface area contributed by atoms with Crippen LogP contribution in [0, 0.1) is 0 Å². The molecule has 0 unspecified atom stereocenters. The van der Waals surface area contributed by atoms with Crippen molar-refractivity contribution in [2.45, 2.75) is 26.1 Å². The summed E-state index contributed by atoms with van der Waals surface area (Å²) in [5, 5.41) is 4.07. The van der Waals surface area contributed by atoms with E-state index in [9.17, 15) is 13.2 Å². The van der Waals surface area contributed by atoms with Crippen LogP contribution in [-0.2, 0) is 6.18 Å². The number of halogens is 4. The van der Waals surface area contributed by atoms with Crippen LogP contribution in [0.25, 0.3) is 11.4 Å². The smallest absolute Gasteiger partial charge is 0.383 e. The van der Waals surface area contributed by atoms with Crippen molar-refractivity contribution in [1.82, 2.24) is 19.7 Å². The van der Waals surface area contributed by atoms with Gasteiger partial charge in [0.1, 0.15) is 11.4 Å². The van der Waals surface area contributed by atoms with Crippen LogP contribution in [0.4, 0.5) is 19.0 Å². The zero-order valence-corrected chi connectivity index (χ0v) is 12.2. The van der Waals surface area contributed by atoms with E-state index in [1.54, 1.807) is 0 Å². The van der Waals surface area contributed by atoms with Crippen LogP contribution in [0.3, 0.4) is 0 Å². The molecule has 0 spiro atoms. The molecule has 0 aliphatic carbocycles. The third kappa shape index (κ3) is 2.62. The summed E-state index contributed by atoms with van der Waals surface area (Å²) >= 11 is 3.17. The normalized spacial score (nSPS) is 12.2. The van der Waals surface area contributed by atoms with Crippen molar-refractivity contribution >= 4 is 21.7 Å². The number of pyridine rings is 1. The topological polar surface area (TPSA) is 69.6 Å². The van der Waals surface area contributed by atoms with Gasteiger partial charge in [-0.15, -0.1) is 5.10 Å². The maximum atomic E-state index is 13.1. The number of nitrogen functional groups attached to an aromatic ring is 1. The molecule has 0 amide bonds. The summed E-state index contributed by atoms with van der Waals surface area (Å²) in [7, 11) is 0. The summed E-state index contributed by atoms with van der Waals surface area (Å²) in [4.78, 5) is 7.48. The molecule has 2 N–H and O–H groups in total. The van der Waals surface area contributed by atoms with E-state index >= 15 is 0 Å². The molecule has 2 heterocycles. The predicted molar refractivity (Wildman–Crippen MR) is 70.8 cm³/mol. The van der Waals surface area contributed by atoms with Gasteiger partial charge in [-0.25, -0.2) is 14.6 Å². The van der Waals surface area contributed by atoms with E-state index in [1.165, 1.54) is 16.9 Å². The summed E-state index contributed by atoms with van der Waals surface area (Å²) < 4.78 is 41.0. The first kappa shape index (κ1) is 14.8. The van der Waals surface area contributed by atoms with Crippen LogP contribution in [-0.4, -0.2) is 19.7 Å². The van der Waals surface area contributed by atoms with Crippen LogP contribution >= 0.6 is 15.9 Å². The van der Waals surface area contributed by atoms with E-state index in [-0.39, 0.29) is 17.4 Å². The van der Waals surface area contributed by atoms with Crippen LogP contribution in [0.15, 0.2) is 17.0 Å². The molecular weight excluding hydrogens is 339 g/mol. The van der Waals surface area contributed by atoms with Gasteiger partial charge < -0.3 is 5.73 Å². The van der Waals surface area contributed by atoms with E-state index < -0.39 is 17.6 Å². The molecule has 2 rings (SSSR count). The largest absolute Gasteiger partial charge is 0.420 e. The Morgan fingerprint density at radius 3 is 2.50 bits per heavy atom. The lowest BCUT2D eigenvalue weighted by Crippen LogP contribution is -2.12. The lowest BCUT2D eigenvalue weighted by Gasteiger charge is -2.12. The van der Waals surface area contributed by atoms with Crippen molar-refractivity contribution < 1.29 is 13.2 Å². The molecule has 108 valence electrons. The Kier molecular flexibility index (Phi) is 3.72. The van der Waals surface area contributed by atoms with E-state index in [0.29, 0.717) is 4.73 Å². The van der Waals surface area contributed by atoms with Gasteiger partial charge >= 0.3 is 6.18 Å². The molecular formula is C11H11BrF3N5. The molecule has 0 aromatic carbocycles. The fourth-order valence-corrected chi connectivity index (χ4v) is 2.37. The summed E-state index contributed by atoms with van der Waals surface area (Å²) in [6.07, 6.45) is -3.42. The second-order valence-electron chi connectivity index (χ2n) is 4.36. The molecule has 5 nitrogen and oxygen atoms in total. The van der Waals surface area contributed by atoms with Gasteiger partial charge in [-0.3, -0.25) is 0 Å². The highest BCUT2D eigenvalue weighted by Crippen LogP contribution is 2.39. The van der Waals surface area contributed by atoms with Gasteiger partial charge in [0.15, 0.2) is 10.6 Å². The number of aromatic nitrogens is 4. The van der Waals surface area contributed by atoms with E-state index in [4.69, 9.17) is 5.73 Å². The molecule has 0 atom stereocenters. The SMILES string of the molecule is CC(C)n1nc(-c2ccnc(N)c2C(F)(F)F)nc1Br. The fourth-order valence-electron chi connectivity index (χ4n) is 1.71. The van der Waals surface area contributed by atoms with Crippen LogP contribution in [0.2, 0.25) is 0 Å². The first-order valence-electron chi connectivity index (χ1n) is 5.66. The quantitative estimate of drug-likeness (QED) is 0.903. The van der Waals surface area contributed by atoms with Crippen molar-refractivity contribution in [1.29, 1.82) is 0 Å². The molecule has 0 bridgehead atoms. The molecule has 2 aromatic heterocycles. The molecule has 20 heavy (non-hydrogen) atoms. The van der Waals surface area contributed by atoms with Crippen molar-refractivity contribution in [3.63, 3.8) is 0 Å². The maximum absolute atomic E-state index is 13.1. The lowest BCUT2D eigenvalue weighted by molar-refractivity contribution is -0.136. The van der Waals surface area contributed by atoms with E-state index in [1.807, 2.05) is 13.8 Å². The van der Waals surface area contributed by atoms with Crippen molar-refractivity contribution in [3.8, 4) is 11.4 Å². The highest BCUT2D eigenvalue weighted by Gasteiger charge is 2.38. The lowest BCUT2D eigenvalue weighted by atomic mass is 10.1. The predicted octanol–water partition coefficient (Wildman–Crippen LogP) is 3.28. The maximum Gasteiger partial charge on any atom is 0.420 e. The highest BCUT2D eigenvalue weighted by molar-refractivity contribution is 9.10. The molecule has 0 fully saturated rings. The average Bonchev–Trinajstić information content (AvgIpc) is 2.69. The monoisotopic (exact) mass is 349 g/mol. The number of rotatable bonds is 2. The second kappa shape index (κ2) is 5.04. The Morgan fingerprint density at radius 2 is 2.00 bits per heavy atom. The van der Waals surface area contributed by atoms with Gasteiger partial charge in [0.25, 0.3) is 0 Å². The van der Waals surface area contributed by atoms with E-state index in [2.05, 4.69) is 31.0 Å². The number of alkyl halides is 3. The van der Waals surface area contributed by atoms with Crippen molar-refractivity contribution in [2.75, 3.05) is 5.73 Å². The average molecular weight is 350 g/mol. The highest BCUT2D eigenvalue weighted by atomic mass is 79.9. The minimum Gasteiger partial charge on any atom is -0.383 e. The van der Waals surface area contributed by atoms with E-state index in [0.717, 1.165) is 0 Å². The van der Waals surface area contributed by atoms with Gasteiger partial charge in [0.2, 0.25) is 0 Å². The number of nitrogens with two attached hydrogens (primary N) is 1. The van der Waals surface area contributed by atoms with Gasteiger partial charge in [0.05, 0.1) is 0 Å². The third-order valence-corrected chi connectivity index (χ3v) is 3.12. The van der Waals surface area contributed by atoms with Crippen LogP contribution in [0.5, 0.6) is 0 Å². The molecule has 0 radical (unpaired) electrons. The number of nitrogens with zero attached hydrogens (tertiary/aromatic N) is 4. The van der Waals surface area contributed by atoms with Gasteiger partial charge in [0, 0.05) is 17.8 Å². The molecule has 0 saturated carbocycles. The second-order valence-corrected chi connectivity index (χ2v) is 5.07. The van der Waals surface area contributed by atoms with Gasteiger partial charge in [-0.2, -0.15) is 13.2 Å². The summed E-state index contributed by atoms with van der Waals surface area (Å²) in [5.41, 5.74) is 4.13. The zero-order chi connectivity index (χ0) is 15.1. The van der Waals surface area contributed by atoms with Crippen molar-refractivity contribution in [3.05, 3.63) is 22.6 Å². The fraction of sp³-hybridized carbons (Fsp3) is 0.364. The van der Waals surface area contributed by atoms with Crippen LogP contribution in [0.1, 0.15) is 25.5 Å². The van der Waals surface area contributed by atoms with Crippen molar-refractivity contribution in [2.24, 2.45) is 0 Å². The number of anilines is 1. The summed E-state index contributed by atoms with van der Waals surface area (Å²) in [6, 6.07) is 1.16. The standard InChI is InChI=1S/C11H11BrF3N5/c1-5(2)20-10(12)18-9(19-20)6-3-4-17-8(16)7(6)11(13,14)15/h3-5H,1-2H3,(H2,16,17). The first-order valence-corrected chi connectivity index (χ1v) is 6.45. The molecule has 0 aliphatic rings. The summed E-state index contributed by atoms with van der Waals surface area (Å²) in [6.45, 7) is 3.68.